The van der Waals surface area contributed by atoms with E-state index in [4.69, 9.17) is 4.74 Å². The Hall–Kier alpha value is -3.78. The number of benzene rings is 3. The normalized spacial score (nSPS) is 11.7. The molecular weight excluding hydrogens is 448 g/mol. The molecule has 0 aliphatic carbocycles. The predicted molar refractivity (Wildman–Crippen MR) is 133 cm³/mol. The smallest absolute Gasteiger partial charge is 0.228 e. The van der Waals surface area contributed by atoms with Gasteiger partial charge in [0.1, 0.15) is 11.5 Å². The van der Waals surface area contributed by atoms with E-state index >= 15 is 0 Å². The molecule has 1 unspecified atom stereocenters. The summed E-state index contributed by atoms with van der Waals surface area (Å²) >= 11 is 1.49. The van der Waals surface area contributed by atoms with E-state index in [9.17, 15) is 9.90 Å². The number of phenolic OH excluding ortho intramolecular Hbond substituents is 1. The SMILES string of the molecule is COc1ccc(-n2c(CNC(=O)C(Cc3ccc(O)cc3)c3ccccc3)nnc2SC)cc1. The Morgan fingerprint density at radius 3 is 2.38 bits per heavy atom. The third-order valence-corrected chi connectivity index (χ3v) is 6.16. The van der Waals surface area contributed by atoms with Crippen LogP contribution in [0.4, 0.5) is 0 Å². The average Bonchev–Trinajstić information content (AvgIpc) is 3.30. The molecule has 1 amide bonds. The third-order valence-electron chi connectivity index (χ3n) is 5.53. The lowest BCUT2D eigenvalue weighted by Crippen LogP contribution is -2.31. The van der Waals surface area contributed by atoms with Gasteiger partial charge in [-0.1, -0.05) is 54.2 Å². The highest BCUT2D eigenvalue weighted by atomic mass is 32.2. The molecule has 1 aromatic heterocycles. The molecule has 1 heterocycles. The topological polar surface area (TPSA) is 89.3 Å². The second kappa shape index (κ2) is 10.9. The molecule has 34 heavy (non-hydrogen) atoms. The lowest BCUT2D eigenvalue weighted by atomic mass is 9.91. The summed E-state index contributed by atoms with van der Waals surface area (Å²) in [4.78, 5) is 13.4. The van der Waals surface area contributed by atoms with Gasteiger partial charge in [0, 0.05) is 5.69 Å². The van der Waals surface area contributed by atoms with Crippen LogP contribution >= 0.6 is 11.8 Å². The molecule has 0 aliphatic rings. The molecule has 8 heteroatoms. The summed E-state index contributed by atoms with van der Waals surface area (Å²) in [6, 6.07) is 24.3. The van der Waals surface area contributed by atoms with E-state index in [0.29, 0.717) is 12.2 Å². The number of rotatable bonds is 9. The van der Waals surface area contributed by atoms with Crippen molar-refractivity contribution in [2.45, 2.75) is 24.0 Å². The predicted octanol–water partition coefficient (Wildman–Crippen LogP) is 4.35. The molecule has 3 aromatic carbocycles. The minimum absolute atomic E-state index is 0.103. The van der Waals surface area contributed by atoms with Crippen LogP contribution in [0.3, 0.4) is 0 Å². The molecule has 0 radical (unpaired) electrons. The maximum atomic E-state index is 13.4. The molecule has 0 saturated carbocycles. The molecule has 2 N–H and O–H groups in total. The fraction of sp³-hybridized carbons (Fsp3) is 0.192. The number of nitrogens with one attached hydrogen (secondary N) is 1. The van der Waals surface area contributed by atoms with Crippen LogP contribution in [0.5, 0.6) is 11.5 Å². The highest BCUT2D eigenvalue weighted by molar-refractivity contribution is 7.98. The number of amides is 1. The van der Waals surface area contributed by atoms with Gasteiger partial charge in [0.15, 0.2) is 11.0 Å². The van der Waals surface area contributed by atoms with E-state index in [1.165, 1.54) is 11.8 Å². The number of hydrogen-bond donors (Lipinski definition) is 2. The van der Waals surface area contributed by atoms with Crippen molar-refractivity contribution in [3.63, 3.8) is 0 Å². The monoisotopic (exact) mass is 474 g/mol. The first-order chi connectivity index (χ1) is 16.6. The number of aromatic nitrogens is 3. The summed E-state index contributed by atoms with van der Waals surface area (Å²) in [7, 11) is 1.63. The molecule has 0 saturated heterocycles. The first-order valence-corrected chi connectivity index (χ1v) is 12.0. The van der Waals surface area contributed by atoms with Crippen LogP contribution in [-0.2, 0) is 17.8 Å². The van der Waals surface area contributed by atoms with Gasteiger partial charge in [-0.2, -0.15) is 0 Å². The van der Waals surface area contributed by atoms with Gasteiger partial charge in [-0.05, 0) is 60.2 Å². The lowest BCUT2D eigenvalue weighted by Gasteiger charge is -2.18. The van der Waals surface area contributed by atoms with Crippen molar-refractivity contribution in [1.82, 2.24) is 20.1 Å². The fourth-order valence-corrected chi connectivity index (χ4v) is 4.26. The minimum atomic E-state index is -0.386. The van der Waals surface area contributed by atoms with Gasteiger partial charge in [-0.3, -0.25) is 9.36 Å². The van der Waals surface area contributed by atoms with Gasteiger partial charge in [0.2, 0.25) is 5.91 Å². The maximum Gasteiger partial charge on any atom is 0.228 e. The van der Waals surface area contributed by atoms with Crippen LogP contribution in [0.15, 0.2) is 84.0 Å². The van der Waals surface area contributed by atoms with E-state index < -0.39 is 0 Å². The minimum Gasteiger partial charge on any atom is -0.508 e. The number of ether oxygens (including phenoxy) is 1. The van der Waals surface area contributed by atoms with Crippen molar-refractivity contribution in [1.29, 1.82) is 0 Å². The molecule has 0 bridgehead atoms. The van der Waals surface area contributed by atoms with E-state index in [0.717, 1.165) is 27.7 Å². The van der Waals surface area contributed by atoms with Crippen LogP contribution < -0.4 is 10.1 Å². The molecule has 0 fully saturated rings. The van der Waals surface area contributed by atoms with Gasteiger partial charge in [0.25, 0.3) is 0 Å². The maximum absolute atomic E-state index is 13.4. The third kappa shape index (κ3) is 5.40. The number of carbonyl (C=O) groups excluding carboxylic acids is 1. The Balaban J connectivity index is 1.55. The summed E-state index contributed by atoms with van der Waals surface area (Å²) in [5, 5.41) is 22.0. The zero-order chi connectivity index (χ0) is 23.9. The van der Waals surface area contributed by atoms with E-state index in [1.807, 2.05) is 77.6 Å². The molecule has 4 rings (SSSR count). The van der Waals surface area contributed by atoms with E-state index in [-0.39, 0.29) is 24.1 Å². The van der Waals surface area contributed by atoms with Gasteiger partial charge < -0.3 is 15.2 Å². The standard InChI is InChI=1S/C26H26N4O3S/c1-33-22-14-10-20(11-15-22)30-24(28-29-26(30)34-2)17-27-25(32)23(19-6-4-3-5-7-19)16-18-8-12-21(31)13-9-18/h3-15,23,31H,16-17H2,1-2H3,(H,27,32). The summed E-state index contributed by atoms with van der Waals surface area (Å²) in [6.07, 6.45) is 2.45. The van der Waals surface area contributed by atoms with Crippen molar-refractivity contribution in [2.75, 3.05) is 13.4 Å². The van der Waals surface area contributed by atoms with E-state index in [2.05, 4.69) is 15.5 Å². The summed E-state index contributed by atoms with van der Waals surface area (Å²) in [6.45, 7) is 0.233. The summed E-state index contributed by atoms with van der Waals surface area (Å²) in [5.74, 6) is 1.11. The molecule has 7 nitrogen and oxygen atoms in total. The number of thioether (sulfide) groups is 1. The molecule has 174 valence electrons. The molecule has 1 atom stereocenters. The average molecular weight is 475 g/mol. The van der Waals surface area contributed by atoms with Crippen LogP contribution in [0.1, 0.15) is 22.9 Å². The Morgan fingerprint density at radius 2 is 1.74 bits per heavy atom. The summed E-state index contributed by atoms with van der Waals surface area (Å²) < 4.78 is 7.19. The van der Waals surface area contributed by atoms with Gasteiger partial charge >= 0.3 is 0 Å². The Morgan fingerprint density at radius 1 is 1.03 bits per heavy atom. The first-order valence-electron chi connectivity index (χ1n) is 10.8. The van der Waals surface area contributed by atoms with Gasteiger partial charge in [-0.25, -0.2) is 0 Å². The quantitative estimate of drug-likeness (QED) is 0.351. The van der Waals surface area contributed by atoms with E-state index in [1.54, 1.807) is 19.2 Å². The summed E-state index contributed by atoms with van der Waals surface area (Å²) in [5.41, 5.74) is 2.78. The number of phenols is 1. The van der Waals surface area contributed by atoms with Crippen molar-refractivity contribution >= 4 is 17.7 Å². The fourth-order valence-electron chi connectivity index (χ4n) is 3.74. The second-order valence-electron chi connectivity index (χ2n) is 7.69. The largest absolute Gasteiger partial charge is 0.508 e. The highest BCUT2D eigenvalue weighted by Gasteiger charge is 2.22. The van der Waals surface area contributed by atoms with Crippen LogP contribution in [0.25, 0.3) is 5.69 Å². The van der Waals surface area contributed by atoms with Crippen molar-refractivity contribution in [3.8, 4) is 17.2 Å². The molecule has 4 aromatic rings. The number of nitrogens with zero attached hydrogens (tertiary/aromatic N) is 3. The van der Waals surface area contributed by atoms with Gasteiger partial charge in [0.05, 0.1) is 19.6 Å². The number of carbonyl (C=O) groups is 1. The van der Waals surface area contributed by atoms with Crippen LogP contribution in [0, 0.1) is 0 Å². The molecule has 0 aliphatic heterocycles. The Kier molecular flexibility index (Phi) is 7.49. The van der Waals surface area contributed by atoms with Crippen molar-refractivity contribution in [3.05, 3.63) is 95.8 Å². The molecular formula is C26H26N4O3S. The number of hydrogen-bond acceptors (Lipinski definition) is 6. The van der Waals surface area contributed by atoms with Crippen molar-refractivity contribution in [2.24, 2.45) is 0 Å². The zero-order valence-corrected chi connectivity index (χ0v) is 19.8. The van der Waals surface area contributed by atoms with Crippen molar-refractivity contribution < 1.29 is 14.6 Å². The van der Waals surface area contributed by atoms with Gasteiger partial charge in [-0.15, -0.1) is 10.2 Å². The Labute approximate surface area is 202 Å². The zero-order valence-electron chi connectivity index (χ0n) is 19.0. The van der Waals surface area contributed by atoms with Crippen LogP contribution in [-0.4, -0.2) is 39.1 Å². The lowest BCUT2D eigenvalue weighted by molar-refractivity contribution is -0.122. The molecule has 0 spiro atoms. The van der Waals surface area contributed by atoms with Crippen LogP contribution in [0.2, 0.25) is 0 Å². The highest BCUT2D eigenvalue weighted by Crippen LogP contribution is 2.24. The second-order valence-corrected chi connectivity index (χ2v) is 8.46. The first kappa shape index (κ1) is 23.4. The Bertz CT molecular complexity index is 1230. The number of aromatic hydroxyl groups is 1. The number of methoxy groups -OCH3 is 1.